The Morgan fingerprint density at radius 2 is 0.763 bits per heavy atom. The zero-order valence-corrected chi connectivity index (χ0v) is 21.6. The van der Waals surface area contributed by atoms with Crippen LogP contribution in [0.1, 0.15) is 60.8 Å². The van der Waals surface area contributed by atoms with Crippen molar-refractivity contribution in [1.29, 1.82) is 0 Å². The van der Waals surface area contributed by atoms with E-state index in [1.165, 1.54) is 0 Å². The third-order valence-electron chi connectivity index (χ3n) is 6.64. The van der Waals surface area contributed by atoms with E-state index in [4.69, 9.17) is 22.9 Å². The molecule has 4 aromatic rings. The highest BCUT2D eigenvalue weighted by atomic mass is 16.3. The highest BCUT2D eigenvalue weighted by Gasteiger charge is 2.16. The second-order valence-electron chi connectivity index (χ2n) is 9.19. The zero-order valence-electron chi connectivity index (χ0n) is 21.6. The molecule has 4 rings (SSSR count). The van der Waals surface area contributed by atoms with E-state index in [0.29, 0.717) is 22.7 Å². The number of rotatable bonds is 6. The van der Waals surface area contributed by atoms with Gasteiger partial charge in [-0.25, -0.2) is 0 Å². The monoisotopic (exact) mass is 516 g/mol. The summed E-state index contributed by atoms with van der Waals surface area (Å²) in [5.41, 5.74) is 28.1. The van der Waals surface area contributed by atoms with Crippen molar-refractivity contribution in [2.45, 2.75) is 38.5 Å². The van der Waals surface area contributed by atoms with Gasteiger partial charge in [0.2, 0.25) is 0 Å². The molecule has 0 spiro atoms. The highest BCUT2D eigenvalue weighted by molar-refractivity contribution is 5.59. The van der Waals surface area contributed by atoms with E-state index in [1.54, 1.807) is 48.5 Å². The number of aromatic hydroxyl groups is 4. The summed E-state index contributed by atoms with van der Waals surface area (Å²) < 4.78 is 0. The Kier molecular flexibility index (Phi) is 8.81. The van der Waals surface area contributed by atoms with E-state index in [9.17, 15) is 20.4 Å². The molecule has 200 valence electrons. The van der Waals surface area contributed by atoms with Gasteiger partial charge in [-0.2, -0.15) is 0 Å². The van der Waals surface area contributed by atoms with Gasteiger partial charge in [-0.15, -0.1) is 0 Å². The van der Waals surface area contributed by atoms with Gasteiger partial charge >= 0.3 is 0 Å². The molecule has 0 amide bonds. The Morgan fingerprint density at radius 3 is 1.05 bits per heavy atom. The predicted molar refractivity (Wildman–Crippen MR) is 154 cm³/mol. The Labute approximate surface area is 222 Å². The van der Waals surface area contributed by atoms with Crippen LogP contribution in [0, 0.1) is 0 Å². The number of anilines is 4. The lowest BCUT2D eigenvalue weighted by Gasteiger charge is -2.17. The lowest BCUT2D eigenvalue weighted by atomic mass is 9.88. The molecule has 0 aliphatic heterocycles. The molecule has 12 N–H and O–H groups in total. The molecule has 38 heavy (non-hydrogen) atoms. The fraction of sp³-hybridized carbons (Fsp3) is 0.200. The van der Waals surface area contributed by atoms with Gasteiger partial charge in [0.05, 0.1) is 22.7 Å². The Morgan fingerprint density at radius 1 is 0.447 bits per heavy atom. The van der Waals surface area contributed by atoms with Gasteiger partial charge in [0.25, 0.3) is 0 Å². The topological polar surface area (TPSA) is 185 Å². The summed E-state index contributed by atoms with van der Waals surface area (Å²) in [5.74, 6) is 0.544. The molecule has 0 saturated heterocycles. The van der Waals surface area contributed by atoms with Gasteiger partial charge in [0, 0.05) is 11.8 Å². The number of phenols is 4. The molecule has 0 saturated carbocycles. The zero-order chi connectivity index (χ0) is 28.0. The van der Waals surface area contributed by atoms with Crippen LogP contribution < -0.4 is 22.9 Å². The van der Waals surface area contributed by atoms with Gasteiger partial charge in [-0.1, -0.05) is 38.1 Å². The molecular formula is C30H36N4O4. The number of phenolic OH excluding ortho intramolecular Hbond substituents is 4. The summed E-state index contributed by atoms with van der Waals surface area (Å²) in [6.07, 6.45) is 1.71. The Balaban J connectivity index is 0.000000211. The number of benzene rings is 4. The van der Waals surface area contributed by atoms with Gasteiger partial charge in [0.1, 0.15) is 23.0 Å². The maximum absolute atomic E-state index is 9.70. The SMILES string of the molecule is CCC(c1ccc(N)c(O)c1)c1ccc(N)c(O)c1.CCC(c1ccc(O)c(N)c1)c1ccc(O)c(N)c1. The van der Waals surface area contributed by atoms with Crippen molar-refractivity contribution >= 4 is 22.7 Å². The van der Waals surface area contributed by atoms with Crippen LogP contribution in [-0.2, 0) is 0 Å². The average Bonchev–Trinajstić information content (AvgIpc) is 2.89. The molecule has 0 fully saturated rings. The normalized spacial score (nSPS) is 10.8. The second-order valence-corrected chi connectivity index (χ2v) is 9.19. The molecule has 8 heteroatoms. The largest absolute Gasteiger partial charge is 0.506 e. The maximum atomic E-state index is 9.70. The summed E-state index contributed by atoms with van der Waals surface area (Å²) in [4.78, 5) is 0. The van der Waals surface area contributed by atoms with Crippen LogP contribution in [0.4, 0.5) is 22.7 Å². The summed E-state index contributed by atoms with van der Waals surface area (Å²) in [5, 5.41) is 38.3. The van der Waals surface area contributed by atoms with Crippen LogP contribution in [0.5, 0.6) is 23.0 Å². The van der Waals surface area contributed by atoms with Gasteiger partial charge in [-0.05, 0) is 83.6 Å². The fourth-order valence-corrected chi connectivity index (χ4v) is 4.46. The Bertz CT molecular complexity index is 1200. The molecule has 0 atom stereocenters. The minimum absolute atomic E-state index is 0.0793. The fourth-order valence-electron chi connectivity index (χ4n) is 4.46. The first kappa shape index (κ1) is 27.9. The standard InChI is InChI=1S/2C15H18N2O2/c1-2-11(9-3-5-14(18)12(16)7-9)10-4-6-15(19)13(17)8-10;1-2-11(9-3-5-12(16)14(18)7-9)10-4-6-13(17)15(19)8-10/h2*3-8,11,18-19H,2,16-17H2,1H3. The summed E-state index contributed by atoms with van der Waals surface area (Å²) in [7, 11) is 0. The number of nitrogen functional groups attached to an aromatic ring is 4. The lowest BCUT2D eigenvalue weighted by Crippen LogP contribution is -2.02. The molecular weight excluding hydrogens is 480 g/mol. The molecule has 0 bridgehead atoms. The molecule has 0 radical (unpaired) electrons. The number of nitrogens with two attached hydrogens (primary N) is 4. The maximum Gasteiger partial charge on any atom is 0.138 e. The first-order valence-corrected chi connectivity index (χ1v) is 12.4. The summed E-state index contributed by atoms with van der Waals surface area (Å²) >= 11 is 0. The van der Waals surface area contributed by atoms with E-state index in [0.717, 1.165) is 35.1 Å². The van der Waals surface area contributed by atoms with E-state index in [2.05, 4.69) is 6.92 Å². The van der Waals surface area contributed by atoms with Crippen molar-refractivity contribution in [3.63, 3.8) is 0 Å². The number of hydrogen-bond acceptors (Lipinski definition) is 8. The third kappa shape index (κ3) is 6.34. The number of hydrogen-bond donors (Lipinski definition) is 8. The van der Waals surface area contributed by atoms with Crippen LogP contribution in [0.25, 0.3) is 0 Å². The molecule has 0 unspecified atom stereocenters. The predicted octanol–water partition coefficient (Wildman–Crippen LogP) is 5.61. The van der Waals surface area contributed by atoms with Gasteiger partial charge < -0.3 is 43.4 Å². The van der Waals surface area contributed by atoms with E-state index in [-0.39, 0.29) is 34.8 Å². The lowest BCUT2D eigenvalue weighted by molar-refractivity contribution is 0.475. The van der Waals surface area contributed by atoms with Crippen LogP contribution in [0.2, 0.25) is 0 Å². The van der Waals surface area contributed by atoms with Crippen LogP contribution in [-0.4, -0.2) is 20.4 Å². The minimum atomic E-state index is 0.0793. The van der Waals surface area contributed by atoms with Gasteiger partial charge in [0.15, 0.2) is 0 Å². The molecule has 0 heterocycles. The van der Waals surface area contributed by atoms with Crippen molar-refractivity contribution in [3.05, 3.63) is 95.1 Å². The second kappa shape index (κ2) is 12.0. The minimum Gasteiger partial charge on any atom is -0.506 e. The van der Waals surface area contributed by atoms with Crippen molar-refractivity contribution in [1.82, 2.24) is 0 Å². The van der Waals surface area contributed by atoms with Crippen molar-refractivity contribution in [2.24, 2.45) is 0 Å². The molecule has 8 nitrogen and oxygen atoms in total. The van der Waals surface area contributed by atoms with Crippen molar-refractivity contribution in [2.75, 3.05) is 22.9 Å². The summed E-state index contributed by atoms with van der Waals surface area (Å²) in [6.45, 7) is 4.11. The van der Waals surface area contributed by atoms with E-state index >= 15 is 0 Å². The van der Waals surface area contributed by atoms with Gasteiger partial charge in [-0.3, -0.25) is 0 Å². The van der Waals surface area contributed by atoms with E-state index in [1.807, 2.05) is 31.2 Å². The molecule has 0 aliphatic carbocycles. The van der Waals surface area contributed by atoms with Crippen molar-refractivity contribution in [3.8, 4) is 23.0 Å². The quantitative estimate of drug-likeness (QED) is 0.120. The first-order valence-electron chi connectivity index (χ1n) is 12.4. The van der Waals surface area contributed by atoms with Crippen LogP contribution >= 0.6 is 0 Å². The average molecular weight is 517 g/mol. The molecule has 0 aliphatic rings. The molecule has 0 aromatic heterocycles. The molecule has 4 aromatic carbocycles. The van der Waals surface area contributed by atoms with E-state index < -0.39 is 0 Å². The van der Waals surface area contributed by atoms with Crippen LogP contribution in [0.3, 0.4) is 0 Å². The smallest absolute Gasteiger partial charge is 0.138 e. The van der Waals surface area contributed by atoms with Crippen molar-refractivity contribution < 1.29 is 20.4 Å². The first-order chi connectivity index (χ1) is 18.0. The van der Waals surface area contributed by atoms with Crippen LogP contribution in [0.15, 0.2) is 72.8 Å². The Hall–Kier alpha value is -4.72. The third-order valence-corrected chi connectivity index (χ3v) is 6.64. The summed E-state index contributed by atoms with van der Waals surface area (Å²) in [6, 6.07) is 20.9. The highest BCUT2D eigenvalue weighted by Crippen LogP contribution is 2.36.